The molecule has 1 saturated heterocycles. The lowest BCUT2D eigenvalue weighted by molar-refractivity contribution is -0.130. The quantitative estimate of drug-likeness (QED) is 0.812. The van der Waals surface area contributed by atoms with Crippen LogP contribution in [0.1, 0.15) is 39.5 Å². The zero-order valence-electron chi connectivity index (χ0n) is 12.8. The smallest absolute Gasteiger partial charge is 0.342 e. The lowest BCUT2D eigenvalue weighted by Crippen LogP contribution is -2.40. The molecule has 0 bridgehead atoms. The number of aromatic amines is 1. The van der Waals surface area contributed by atoms with E-state index in [4.69, 9.17) is 0 Å². The number of H-pyrrole nitrogens is 1. The topological polar surface area (TPSA) is 71.0 Å². The van der Waals surface area contributed by atoms with Gasteiger partial charge in [-0.25, -0.2) is 9.89 Å². The molecule has 1 aliphatic heterocycles. The van der Waals surface area contributed by atoms with Crippen molar-refractivity contribution >= 4 is 17.7 Å². The summed E-state index contributed by atoms with van der Waals surface area (Å²) in [6, 6.07) is 0. The van der Waals surface area contributed by atoms with Crippen LogP contribution in [0, 0.1) is 5.92 Å². The molecule has 6 nitrogen and oxygen atoms in total. The van der Waals surface area contributed by atoms with Crippen LogP contribution in [0.5, 0.6) is 0 Å². The first-order chi connectivity index (χ1) is 10.1. The molecular weight excluding hydrogens is 288 g/mol. The van der Waals surface area contributed by atoms with Crippen molar-refractivity contribution in [1.82, 2.24) is 19.7 Å². The number of piperidine rings is 1. The van der Waals surface area contributed by atoms with Gasteiger partial charge in [-0.1, -0.05) is 32.0 Å². The van der Waals surface area contributed by atoms with Gasteiger partial charge in [0.15, 0.2) is 5.16 Å². The maximum atomic E-state index is 12.2. The standard InChI is InChI=1S/C14H24N4O2S/c1-3-4-8-18-13(20)15-16-14(18)21-10-12(19)17-7-5-6-11(2)9-17/h11H,3-10H2,1-2H3,(H,15,20). The van der Waals surface area contributed by atoms with Gasteiger partial charge >= 0.3 is 5.69 Å². The van der Waals surface area contributed by atoms with E-state index in [0.717, 1.165) is 32.4 Å². The van der Waals surface area contributed by atoms with E-state index in [0.29, 0.717) is 23.4 Å². The Labute approximate surface area is 129 Å². The van der Waals surface area contributed by atoms with Gasteiger partial charge in [0.25, 0.3) is 0 Å². The minimum Gasteiger partial charge on any atom is -0.342 e. The zero-order chi connectivity index (χ0) is 15.2. The highest BCUT2D eigenvalue weighted by atomic mass is 32.2. The third kappa shape index (κ3) is 4.36. The second kappa shape index (κ2) is 7.68. The summed E-state index contributed by atoms with van der Waals surface area (Å²) in [7, 11) is 0. The van der Waals surface area contributed by atoms with Gasteiger partial charge in [0.2, 0.25) is 5.91 Å². The monoisotopic (exact) mass is 312 g/mol. The van der Waals surface area contributed by atoms with Gasteiger partial charge < -0.3 is 4.90 Å². The van der Waals surface area contributed by atoms with Crippen molar-refractivity contribution in [3.8, 4) is 0 Å². The molecule has 7 heteroatoms. The lowest BCUT2D eigenvalue weighted by atomic mass is 10.0. The molecule has 1 amide bonds. The third-order valence-electron chi connectivity index (χ3n) is 3.79. The molecule has 21 heavy (non-hydrogen) atoms. The highest BCUT2D eigenvalue weighted by Gasteiger charge is 2.21. The third-order valence-corrected chi connectivity index (χ3v) is 4.75. The molecule has 1 atom stereocenters. The molecule has 0 aromatic carbocycles. The van der Waals surface area contributed by atoms with Gasteiger partial charge in [0.05, 0.1) is 5.75 Å². The number of hydrogen-bond acceptors (Lipinski definition) is 4. The van der Waals surface area contributed by atoms with Crippen LogP contribution in [-0.4, -0.2) is 44.4 Å². The summed E-state index contributed by atoms with van der Waals surface area (Å²) in [6.07, 6.45) is 4.24. The fourth-order valence-corrected chi connectivity index (χ4v) is 3.44. The van der Waals surface area contributed by atoms with Crippen LogP contribution in [0.4, 0.5) is 0 Å². The fourth-order valence-electron chi connectivity index (χ4n) is 2.56. The molecule has 1 fully saturated rings. The van der Waals surface area contributed by atoms with E-state index in [9.17, 15) is 9.59 Å². The zero-order valence-corrected chi connectivity index (χ0v) is 13.6. The minimum absolute atomic E-state index is 0.143. The van der Waals surface area contributed by atoms with E-state index < -0.39 is 0 Å². The summed E-state index contributed by atoms with van der Waals surface area (Å²) >= 11 is 1.35. The van der Waals surface area contributed by atoms with E-state index in [1.54, 1.807) is 4.57 Å². The Morgan fingerprint density at radius 2 is 2.33 bits per heavy atom. The van der Waals surface area contributed by atoms with Crippen molar-refractivity contribution in [2.45, 2.75) is 51.2 Å². The summed E-state index contributed by atoms with van der Waals surface area (Å²) in [4.78, 5) is 25.8. The number of hydrogen-bond donors (Lipinski definition) is 1. The lowest BCUT2D eigenvalue weighted by Gasteiger charge is -2.30. The molecule has 1 unspecified atom stereocenters. The van der Waals surface area contributed by atoms with E-state index in [1.165, 1.54) is 18.2 Å². The molecule has 0 radical (unpaired) electrons. The number of nitrogens with one attached hydrogen (secondary N) is 1. The number of thioether (sulfide) groups is 1. The van der Waals surface area contributed by atoms with Crippen LogP contribution in [-0.2, 0) is 11.3 Å². The number of rotatable bonds is 6. The summed E-state index contributed by atoms with van der Waals surface area (Å²) in [5.74, 6) is 1.08. The van der Waals surface area contributed by atoms with Gasteiger partial charge in [0, 0.05) is 19.6 Å². The van der Waals surface area contributed by atoms with Gasteiger partial charge in [0.1, 0.15) is 0 Å². The number of carbonyl (C=O) groups excluding carboxylic acids is 1. The fraction of sp³-hybridized carbons (Fsp3) is 0.786. The molecule has 1 N–H and O–H groups in total. The van der Waals surface area contributed by atoms with E-state index in [2.05, 4.69) is 24.0 Å². The normalized spacial score (nSPS) is 19.0. The molecule has 2 heterocycles. The first-order valence-electron chi connectivity index (χ1n) is 7.67. The number of amides is 1. The number of aromatic nitrogens is 3. The van der Waals surface area contributed by atoms with Crippen LogP contribution in [0.2, 0.25) is 0 Å². The summed E-state index contributed by atoms with van der Waals surface area (Å²) in [5, 5.41) is 7.10. The van der Waals surface area contributed by atoms with Gasteiger partial charge in [-0.05, 0) is 25.2 Å². The number of likely N-dealkylation sites (tertiary alicyclic amines) is 1. The van der Waals surface area contributed by atoms with Crippen LogP contribution >= 0.6 is 11.8 Å². The van der Waals surface area contributed by atoms with Crippen LogP contribution in [0.3, 0.4) is 0 Å². The Kier molecular flexibility index (Phi) is 5.90. The van der Waals surface area contributed by atoms with Crippen LogP contribution < -0.4 is 5.69 Å². The molecular formula is C14H24N4O2S. The summed E-state index contributed by atoms with van der Waals surface area (Å²) in [6.45, 7) is 6.63. The van der Waals surface area contributed by atoms with E-state index in [-0.39, 0.29) is 11.6 Å². The van der Waals surface area contributed by atoms with Gasteiger partial charge in [-0.2, -0.15) is 0 Å². The largest absolute Gasteiger partial charge is 0.343 e. The van der Waals surface area contributed by atoms with Gasteiger partial charge in [-0.3, -0.25) is 9.36 Å². The van der Waals surface area contributed by atoms with Crippen molar-refractivity contribution in [3.05, 3.63) is 10.5 Å². The van der Waals surface area contributed by atoms with Crippen molar-refractivity contribution < 1.29 is 4.79 Å². The SMILES string of the molecule is CCCCn1c(SCC(=O)N2CCCC(C)C2)n[nH]c1=O. The predicted molar refractivity (Wildman–Crippen MR) is 83.5 cm³/mol. The first-order valence-corrected chi connectivity index (χ1v) is 8.66. The first kappa shape index (κ1) is 16.1. The molecule has 0 spiro atoms. The summed E-state index contributed by atoms with van der Waals surface area (Å²) in [5.41, 5.74) is -0.190. The minimum atomic E-state index is -0.190. The molecule has 1 aromatic rings. The number of unbranched alkanes of at least 4 members (excludes halogenated alkanes) is 1. The van der Waals surface area contributed by atoms with Crippen molar-refractivity contribution in [3.63, 3.8) is 0 Å². The van der Waals surface area contributed by atoms with Crippen LogP contribution in [0.15, 0.2) is 9.95 Å². The Hall–Kier alpha value is -1.24. The average Bonchev–Trinajstić information content (AvgIpc) is 2.83. The molecule has 118 valence electrons. The maximum absolute atomic E-state index is 12.2. The van der Waals surface area contributed by atoms with Crippen LogP contribution in [0.25, 0.3) is 0 Å². The maximum Gasteiger partial charge on any atom is 0.343 e. The molecule has 2 rings (SSSR count). The second-order valence-electron chi connectivity index (χ2n) is 5.69. The number of carbonyl (C=O) groups is 1. The average molecular weight is 312 g/mol. The van der Waals surface area contributed by atoms with E-state index >= 15 is 0 Å². The number of nitrogens with zero attached hydrogens (tertiary/aromatic N) is 3. The Balaban J connectivity index is 1.90. The molecule has 1 aromatic heterocycles. The second-order valence-corrected chi connectivity index (χ2v) is 6.63. The molecule has 0 saturated carbocycles. The predicted octanol–water partition coefficient (Wildman–Crippen LogP) is 1.72. The van der Waals surface area contributed by atoms with Crippen molar-refractivity contribution in [2.24, 2.45) is 5.92 Å². The van der Waals surface area contributed by atoms with Gasteiger partial charge in [-0.15, -0.1) is 5.10 Å². The molecule has 0 aliphatic carbocycles. The summed E-state index contributed by atoms with van der Waals surface area (Å²) < 4.78 is 1.63. The Morgan fingerprint density at radius 1 is 1.52 bits per heavy atom. The van der Waals surface area contributed by atoms with Crippen molar-refractivity contribution in [1.29, 1.82) is 0 Å². The highest BCUT2D eigenvalue weighted by molar-refractivity contribution is 7.99. The highest BCUT2D eigenvalue weighted by Crippen LogP contribution is 2.19. The van der Waals surface area contributed by atoms with E-state index in [1.807, 2.05) is 4.90 Å². The van der Waals surface area contributed by atoms with Crippen molar-refractivity contribution in [2.75, 3.05) is 18.8 Å². The Morgan fingerprint density at radius 3 is 3.05 bits per heavy atom. The Bertz CT molecular complexity index is 525. The molecule has 1 aliphatic rings.